The highest BCUT2D eigenvalue weighted by Gasteiger charge is 2.43. The molecule has 0 radical (unpaired) electrons. The zero-order chi connectivity index (χ0) is 12.8. The molecule has 0 aromatic heterocycles. The van der Waals surface area contributed by atoms with Crippen LogP contribution in [0.3, 0.4) is 0 Å². The minimum atomic E-state index is -1.46. The zero-order valence-corrected chi connectivity index (χ0v) is 10.0. The van der Waals surface area contributed by atoms with E-state index < -0.39 is 11.6 Å². The number of ether oxygens (including phenoxy) is 1. The van der Waals surface area contributed by atoms with Crippen LogP contribution in [-0.2, 0) is 4.79 Å². The minimum absolute atomic E-state index is 0.127. The maximum Gasteiger partial charge on any atom is 0.348 e. The first-order valence-electron chi connectivity index (χ1n) is 5.41. The number of hydrogen-bond acceptors (Lipinski definition) is 3. The first-order valence-corrected chi connectivity index (χ1v) is 5.41. The van der Waals surface area contributed by atoms with E-state index in [1.54, 1.807) is 6.07 Å². The maximum absolute atomic E-state index is 11.9. The van der Waals surface area contributed by atoms with Crippen molar-refractivity contribution in [2.24, 2.45) is 0 Å². The number of benzene rings is 1. The topological polar surface area (TPSA) is 63.6 Å². The van der Waals surface area contributed by atoms with Crippen molar-refractivity contribution in [3.8, 4) is 5.75 Å². The summed E-state index contributed by atoms with van der Waals surface area (Å²) >= 11 is 0. The molecule has 1 aliphatic heterocycles. The predicted octanol–water partition coefficient (Wildman–Crippen LogP) is 2.11. The van der Waals surface area contributed by atoms with E-state index in [4.69, 9.17) is 9.84 Å². The molecule has 1 N–H and O–H groups in total. The Bertz CT molecular complexity index is 518. The van der Waals surface area contributed by atoms with Gasteiger partial charge in [-0.1, -0.05) is 6.07 Å². The molecule has 1 aliphatic rings. The fourth-order valence-corrected chi connectivity index (χ4v) is 1.92. The number of hydrogen-bond donors (Lipinski definition) is 1. The second-order valence-electron chi connectivity index (χ2n) is 4.62. The number of aliphatic carboxylic acids is 1. The second-order valence-corrected chi connectivity index (χ2v) is 4.62. The molecule has 0 saturated carbocycles. The number of carboxylic acids is 1. The molecule has 1 aromatic carbocycles. The van der Waals surface area contributed by atoms with Crippen LogP contribution in [-0.4, -0.2) is 22.5 Å². The highest BCUT2D eigenvalue weighted by atomic mass is 16.5. The highest BCUT2D eigenvalue weighted by molar-refractivity contribution is 6.03. The molecule has 4 nitrogen and oxygen atoms in total. The molecule has 1 aromatic rings. The lowest BCUT2D eigenvalue weighted by Crippen LogP contribution is -2.46. The standard InChI is InChI=1S/C13H14O4/c1-7-4-5-9-10(14)6-13(3,12(15)16)17-11(9)8(7)2/h4-5H,6H2,1-3H3,(H,15,16). The van der Waals surface area contributed by atoms with Gasteiger partial charge in [0.2, 0.25) is 5.60 Å². The van der Waals surface area contributed by atoms with Gasteiger partial charge < -0.3 is 9.84 Å². The molecule has 4 heteroatoms. The summed E-state index contributed by atoms with van der Waals surface area (Å²) in [5.41, 5.74) is 0.823. The SMILES string of the molecule is Cc1ccc2c(c1C)OC(C)(C(=O)O)CC2=O. The first-order chi connectivity index (χ1) is 7.85. The van der Waals surface area contributed by atoms with Gasteiger partial charge in [-0.15, -0.1) is 0 Å². The average Bonchev–Trinajstić information content (AvgIpc) is 2.24. The van der Waals surface area contributed by atoms with Crippen LogP contribution in [0.1, 0.15) is 34.8 Å². The summed E-state index contributed by atoms with van der Waals surface area (Å²) in [5.74, 6) is -0.886. The Morgan fingerprint density at radius 1 is 1.41 bits per heavy atom. The molecule has 1 atom stereocenters. The summed E-state index contributed by atoms with van der Waals surface area (Å²) in [6, 6.07) is 3.54. The van der Waals surface area contributed by atoms with Crippen molar-refractivity contribution >= 4 is 11.8 Å². The van der Waals surface area contributed by atoms with Gasteiger partial charge in [0.15, 0.2) is 5.78 Å². The molecular weight excluding hydrogens is 220 g/mol. The Morgan fingerprint density at radius 3 is 2.65 bits per heavy atom. The number of carbonyl (C=O) groups is 2. The third-order valence-corrected chi connectivity index (χ3v) is 3.25. The molecule has 17 heavy (non-hydrogen) atoms. The molecule has 0 fully saturated rings. The molecule has 0 spiro atoms. The fourth-order valence-electron chi connectivity index (χ4n) is 1.92. The van der Waals surface area contributed by atoms with Gasteiger partial charge >= 0.3 is 5.97 Å². The normalized spacial score (nSPS) is 22.9. The Balaban J connectivity index is 2.59. The monoisotopic (exact) mass is 234 g/mol. The van der Waals surface area contributed by atoms with E-state index in [0.717, 1.165) is 11.1 Å². The van der Waals surface area contributed by atoms with Crippen LogP contribution in [0.5, 0.6) is 5.75 Å². The van der Waals surface area contributed by atoms with Gasteiger partial charge in [-0.05, 0) is 38.0 Å². The van der Waals surface area contributed by atoms with Gasteiger partial charge in [-0.25, -0.2) is 4.79 Å². The number of aryl methyl sites for hydroxylation is 1. The molecule has 1 heterocycles. The smallest absolute Gasteiger partial charge is 0.348 e. The summed E-state index contributed by atoms with van der Waals surface area (Å²) in [4.78, 5) is 23.1. The van der Waals surface area contributed by atoms with Crippen molar-refractivity contribution in [3.63, 3.8) is 0 Å². The van der Waals surface area contributed by atoms with E-state index >= 15 is 0 Å². The second kappa shape index (κ2) is 3.58. The Kier molecular flexibility index (Phi) is 2.45. The Morgan fingerprint density at radius 2 is 2.06 bits per heavy atom. The summed E-state index contributed by atoms with van der Waals surface area (Å²) < 4.78 is 5.54. The van der Waals surface area contributed by atoms with Crippen LogP contribution in [0, 0.1) is 13.8 Å². The molecule has 1 unspecified atom stereocenters. The molecule has 0 amide bonds. The van der Waals surface area contributed by atoms with Crippen molar-refractivity contribution in [1.29, 1.82) is 0 Å². The summed E-state index contributed by atoms with van der Waals surface area (Å²) in [6.45, 7) is 5.16. The number of carboxylic acid groups (broad SMARTS) is 1. The highest BCUT2D eigenvalue weighted by Crippen LogP contribution is 2.37. The third-order valence-electron chi connectivity index (χ3n) is 3.25. The maximum atomic E-state index is 11.9. The molecular formula is C13H14O4. The molecule has 0 aliphatic carbocycles. The number of rotatable bonds is 1. The lowest BCUT2D eigenvalue weighted by atomic mass is 9.89. The summed E-state index contributed by atoms with van der Waals surface area (Å²) in [6.07, 6.45) is -0.127. The lowest BCUT2D eigenvalue weighted by Gasteiger charge is -2.32. The van der Waals surface area contributed by atoms with Gasteiger partial charge in [0, 0.05) is 0 Å². The van der Waals surface area contributed by atoms with E-state index in [1.807, 2.05) is 19.9 Å². The first kappa shape index (κ1) is 11.6. The Hall–Kier alpha value is -1.84. The van der Waals surface area contributed by atoms with Gasteiger partial charge in [0.1, 0.15) is 5.75 Å². The minimum Gasteiger partial charge on any atom is -0.478 e. The molecule has 0 saturated heterocycles. The Labute approximate surface area is 99.2 Å². The van der Waals surface area contributed by atoms with Crippen molar-refractivity contribution in [3.05, 3.63) is 28.8 Å². The predicted molar refractivity (Wildman–Crippen MR) is 61.5 cm³/mol. The van der Waals surface area contributed by atoms with Crippen LogP contribution in [0.15, 0.2) is 12.1 Å². The van der Waals surface area contributed by atoms with Crippen LogP contribution in [0.2, 0.25) is 0 Å². The van der Waals surface area contributed by atoms with Crippen LogP contribution < -0.4 is 4.74 Å². The van der Waals surface area contributed by atoms with Crippen molar-refractivity contribution in [2.45, 2.75) is 32.8 Å². The third kappa shape index (κ3) is 1.69. The van der Waals surface area contributed by atoms with E-state index in [2.05, 4.69) is 0 Å². The van der Waals surface area contributed by atoms with Crippen LogP contribution in [0.4, 0.5) is 0 Å². The average molecular weight is 234 g/mol. The zero-order valence-electron chi connectivity index (χ0n) is 10.0. The van der Waals surface area contributed by atoms with Gasteiger partial charge in [0.25, 0.3) is 0 Å². The van der Waals surface area contributed by atoms with E-state index in [9.17, 15) is 9.59 Å². The van der Waals surface area contributed by atoms with Crippen molar-refractivity contribution in [2.75, 3.05) is 0 Å². The lowest BCUT2D eigenvalue weighted by molar-refractivity contribution is -0.154. The van der Waals surface area contributed by atoms with Gasteiger partial charge in [0.05, 0.1) is 12.0 Å². The quantitative estimate of drug-likeness (QED) is 0.808. The number of carbonyl (C=O) groups excluding carboxylic acids is 1. The summed E-state index contributed by atoms with van der Waals surface area (Å²) in [7, 11) is 0. The van der Waals surface area contributed by atoms with Gasteiger partial charge in [-0.2, -0.15) is 0 Å². The van der Waals surface area contributed by atoms with Crippen molar-refractivity contribution in [1.82, 2.24) is 0 Å². The molecule has 2 rings (SSSR count). The number of ketones is 1. The van der Waals surface area contributed by atoms with E-state index in [1.165, 1.54) is 6.92 Å². The molecule has 90 valence electrons. The van der Waals surface area contributed by atoms with Gasteiger partial charge in [-0.3, -0.25) is 4.79 Å². The summed E-state index contributed by atoms with van der Waals surface area (Å²) in [5, 5.41) is 9.12. The fraction of sp³-hybridized carbons (Fsp3) is 0.385. The number of Topliss-reactive ketones (excluding diaryl/α,β-unsaturated/α-hetero) is 1. The van der Waals surface area contributed by atoms with E-state index in [-0.39, 0.29) is 12.2 Å². The van der Waals surface area contributed by atoms with Crippen LogP contribution in [0.25, 0.3) is 0 Å². The van der Waals surface area contributed by atoms with Crippen LogP contribution >= 0.6 is 0 Å². The van der Waals surface area contributed by atoms with Crippen molar-refractivity contribution < 1.29 is 19.4 Å². The largest absolute Gasteiger partial charge is 0.478 e. The molecule has 0 bridgehead atoms. The number of fused-ring (bicyclic) bond motifs is 1. The van der Waals surface area contributed by atoms with E-state index in [0.29, 0.717) is 11.3 Å².